The molecule has 0 bridgehead atoms. The van der Waals surface area contributed by atoms with Gasteiger partial charge in [-0.15, -0.1) is 0 Å². The molecule has 0 aliphatic carbocycles. The van der Waals surface area contributed by atoms with Crippen molar-refractivity contribution >= 4 is 52.7 Å². The Bertz CT molecular complexity index is 1680. The van der Waals surface area contributed by atoms with Crippen molar-refractivity contribution in [1.82, 2.24) is 24.4 Å². The van der Waals surface area contributed by atoms with Crippen molar-refractivity contribution in [2.24, 2.45) is 7.05 Å². The Morgan fingerprint density at radius 1 is 1.17 bits per heavy atom. The fourth-order valence-electron chi connectivity index (χ4n) is 4.98. The number of halogens is 4. The number of methoxy groups -OCH3 is 1. The van der Waals surface area contributed by atoms with Crippen molar-refractivity contribution in [2.45, 2.75) is 19.4 Å². The third-order valence-corrected chi connectivity index (χ3v) is 8.20. The van der Waals surface area contributed by atoms with E-state index in [-0.39, 0.29) is 39.0 Å². The van der Waals surface area contributed by atoms with E-state index >= 15 is 0 Å². The Balaban J connectivity index is 1.44. The highest BCUT2D eigenvalue weighted by Crippen LogP contribution is 2.41. The summed E-state index contributed by atoms with van der Waals surface area (Å²) in [5.74, 6) is -0.106. The SMILES string of the molecule is COc1nc(-c2ccnc(-c3cccc(NC(=O)c4nc5c(n4C)CCN(CCCF)C5)c3Cl)c2Cl)cc(Cl)c1C=O. The minimum Gasteiger partial charge on any atom is -0.480 e. The van der Waals surface area contributed by atoms with Gasteiger partial charge in [-0.25, -0.2) is 9.97 Å². The molecule has 1 N–H and O–H groups in total. The second kappa shape index (κ2) is 12.7. The van der Waals surface area contributed by atoms with Crippen molar-refractivity contribution in [3.63, 3.8) is 0 Å². The fraction of sp³-hybridized carbons (Fsp3) is 0.276. The van der Waals surface area contributed by atoms with Gasteiger partial charge in [-0.1, -0.05) is 46.9 Å². The van der Waals surface area contributed by atoms with Crippen LogP contribution >= 0.6 is 34.8 Å². The number of pyridine rings is 2. The maximum Gasteiger partial charge on any atom is 0.291 e. The Labute approximate surface area is 256 Å². The zero-order valence-electron chi connectivity index (χ0n) is 22.8. The quantitative estimate of drug-likeness (QED) is 0.217. The maximum absolute atomic E-state index is 13.3. The van der Waals surface area contributed by atoms with Crippen LogP contribution in [0.25, 0.3) is 22.5 Å². The van der Waals surface area contributed by atoms with Gasteiger partial charge in [-0.05, 0) is 24.6 Å². The second-order valence-corrected chi connectivity index (χ2v) is 10.8. The highest BCUT2D eigenvalue weighted by Gasteiger charge is 2.26. The molecule has 0 saturated heterocycles. The topological polar surface area (TPSA) is 102 Å². The van der Waals surface area contributed by atoms with Crippen LogP contribution < -0.4 is 10.1 Å². The number of fused-ring (bicyclic) bond motifs is 1. The van der Waals surface area contributed by atoms with Gasteiger partial charge in [0.05, 0.1) is 57.2 Å². The molecular weight excluding hydrogens is 606 g/mol. The summed E-state index contributed by atoms with van der Waals surface area (Å²) in [6.45, 7) is 1.63. The van der Waals surface area contributed by atoms with Gasteiger partial charge in [0.1, 0.15) is 0 Å². The minimum atomic E-state index is -0.421. The van der Waals surface area contributed by atoms with Crippen molar-refractivity contribution in [3.05, 3.63) is 74.4 Å². The number of alkyl halides is 1. The zero-order chi connectivity index (χ0) is 30.0. The summed E-state index contributed by atoms with van der Waals surface area (Å²) in [5, 5.41) is 3.49. The molecule has 1 amide bonds. The Kier molecular flexibility index (Phi) is 9.08. The van der Waals surface area contributed by atoms with Crippen LogP contribution in [-0.4, -0.2) is 63.5 Å². The van der Waals surface area contributed by atoms with E-state index in [2.05, 4.69) is 25.2 Å². The summed E-state index contributed by atoms with van der Waals surface area (Å²) in [6.07, 6.45) is 3.31. The number of aldehydes is 1. The normalized spacial score (nSPS) is 13.1. The van der Waals surface area contributed by atoms with Gasteiger partial charge in [0.25, 0.3) is 5.91 Å². The molecule has 0 atom stereocenters. The molecule has 1 aromatic carbocycles. The summed E-state index contributed by atoms with van der Waals surface area (Å²) >= 11 is 19.9. The van der Waals surface area contributed by atoms with E-state index < -0.39 is 5.91 Å². The van der Waals surface area contributed by atoms with Crippen LogP contribution in [0.15, 0.2) is 36.5 Å². The lowest BCUT2D eigenvalue weighted by Gasteiger charge is -2.26. The number of amides is 1. The number of nitrogens with one attached hydrogen (secondary N) is 1. The van der Waals surface area contributed by atoms with Crippen LogP contribution in [0.1, 0.15) is 38.8 Å². The smallest absolute Gasteiger partial charge is 0.291 e. The standard InChI is InChI=1S/C29H26Cl3FN6O3/c1-38-23-8-12-39(11-4-9-33)14-22(23)35-27(38)28(41)36-20-6-3-5-17(24(20)31)26-25(32)16(7-10-34-26)21-13-19(30)18(15-40)29(37-21)42-2/h3,5-7,10,13,15H,4,8-9,11-12,14H2,1-2H3,(H,36,41). The van der Waals surface area contributed by atoms with E-state index in [0.29, 0.717) is 54.0 Å². The molecule has 13 heteroatoms. The average molecular weight is 632 g/mol. The molecule has 0 saturated carbocycles. The predicted octanol–water partition coefficient (Wildman–Crippen LogP) is 6.30. The van der Waals surface area contributed by atoms with Gasteiger partial charge in [0, 0.05) is 56.1 Å². The average Bonchev–Trinajstić information content (AvgIpc) is 3.32. The predicted molar refractivity (Wildman–Crippen MR) is 161 cm³/mol. The number of imidazole rings is 1. The zero-order valence-corrected chi connectivity index (χ0v) is 25.0. The van der Waals surface area contributed by atoms with Gasteiger partial charge in [-0.3, -0.25) is 23.9 Å². The number of carbonyl (C=O) groups excluding carboxylic acids is 2. The van der Waals surface area contributed by atoms with Gasteiger partial charge in [0.2, 0.25) is 5.88 Å². The lowest BCUT2D eigenvalue weighted by atomic mass is 10.1. The molecule has 1 aliphatic rings. The molecular formula is C29H26Cl3FN6O3. The van der Waals surface area contributed by atoms with Crippen LogP contribution in [0.5, 0.6) is 5.88 Å². The Morgan fingerprint density at radius 3 is 2.71 bits per heavy atom. The van der Waals surface area contributed by atoms with Gasteiger partial charge < -0.3 is 14.6 Å². The summed E-state index contributed by atoms with van der Waals surface area (Å²) in [6, 6.07) is 8.31. The molecule has 218 valence electrons. The molecule has 5 rings (SSSR count). The molecule has 0 radical (unpaired) electrons. The number of anilines is 1. The third kappa shape index (κ3) is 5.72. The Morgan fingerprint density at radius 2 is 1.98 bits per heavy atom. The third-order valence-electron chi connectivity index (χ3n) is 7.10. The summed E-state index contributed by atoms with van der Waals surface area (Å²) in [7, 11) is 3.20. The van der Waals surface area contributed by atoms with Crippen LogP contribution in [0.3, 0.4) is 0 Å². The number of carbonyl (C=O) groups is 2. The van der Waals surface area contributed by atoms with E-state index in [1.54, 1.807) is 35.0 Å². The first kappa shape index (κ1) is 29.9. The minimum absolute atomic E-state index is 0.0631. The van der Waals surface area contributed by atoms with E-state index in [1.165, 1.54) is 13.2 Å². The second-order valence-electron chi connectivity index (χ2n) is 9.63. The van der Waals surface area contributed by atoms with Crippen LogP contribution in [0.4, 0.5) is 10.1 Å². The number of rotatable bonds is 9. The van der Waals surface area contributed by atoms with E-state index in [4.69, 9.17) is 39.5 Å². The summed E-state index contributed by atoms with van der Waals surface area (Å²) in [4.78, 5) is 40.3. The monoisotopic (exact) mass is 630 g/mol. The number of ether oxygens (including phenoxy) is 1. The van der Waals surface area contributed by atoms with E-state index in [0.717, 1.165) is 24.4 Å². The van der Waals surface area contributed by atoms with Gasteiger partial charge in [0.15, 0.2) is 12.1 Å². The lowest BCUT2D eigenvalue weighted by molar-refractivity contribution is 0.101. The molecule has 3 aromatic heterocycles. The Hall–Kier alpha value is -3.57. The lowest BCUT2D eigenvalue weighted by Crippen LogP contribution is -2.32. The van der Waals surface area contributed by atoms with Crippen molar-refractivity contribution in [1.29, 1.82) is 0 Å². The van der Waals surface area contributed by atoms with Crippen LogP contribution in [0, 0.1) is 0 Å². The molecule has 42 heavy (non-hydrogen) atoms. The van der Waals surface area contributed by atoms with Crippen LogP contribution in [0.2, 0.25) is 15.1 Å². The van der Waals surface area contributed by atoms with Gasteiger partial charge in [-0.2, -0.15) is 0 Å². The number of aromatic nitrogens is 4. The molecule has 1 aliphatic heterocycles. The van der Waals surface area contributed by atoms with Crippen molar-refractivity contribution in [2.75, 3.05) is 32.2 Å². The summed E-state index contributed by atoms with van der Waals surface area (Å²) < 4.78 is 19.7. The maximum atomic E-state index is 13.3. The number of benzene rings is 1. The van der Waals surface area contributed by atoms with Crippen LogP contribution in [-0.2, 0) is 20.0 Å². The first-order valence-corrected chi connectivity index (χ1v) is 14.2. The first-order chi connectivity index (χ1) is 20.3. The molecule has 0 spiro atoms. The van der Waals surface area contributed by atoms with Gasteiger partial charge >= 0.3 is 0 Å². The van der Waals surface area contributed by atoms with E-state index in [9.17, 15) is 14.0 Å². The van der Waals surface area contributed by atoms with Crippen molar-refractivity contribution in [3.8, 4) is 28.4 Å². The number of hydrogen-bond donors (Lipinski definition) is 1. The molecule has 4 heterocycles. The fourth-order valence-corrected chi connectivity index (χ4v) is 5.78. The largest absolute Gasteiger partial charge is 0.480 e. The van der Waals surface area contributed by atoms with Crippen molar-refractivity contribution < 1.29 is 18.7 Å². The summed E-state index contributed by atoms with van der Waals surface area (Å²) in [5.41, 5.74) is 3.97. The molecule has 4 aromatic rings. The molecule has 0 unspecified atom stereocenters. The first-order valence-electron chi connectivity index (χ1n) is 13.0. The van der Waals surface area contributed by atoms with E-state index in [1.807, 2.05) is 7.05 Å². The highest BCUT2D eigenvalue weighted by molar-refractivity contribution is 6.39. The molecule has 9 nitrogen and oxygen atoms in total. The molecule has 0 fully saturated rings. The number of nitrogens with zero attached hydrogens (tertiary/aromatic N) is 5. The highest BCUT2D eigenvalue weighted by atomic mass is 35.5. The number of hydrogen-bond acceptors (Lipinski definition) is 7.